The van der Waals surface area contributed by atoms with E-state index in [-0.39, 0.29) is 36.7 Å². The predicted octanol–water partition coefficient (Wildman–Crippen LogP) is 3.69. The normalized spacial score (nSPS) is 22.7. The van der Waals surface area contributed by atoms with Crippen LogP contribution in [0.1, 0.15) is 45.8 Å². The van der Waals surface area contributed by atoms with Gasteiger partial charge in [0.15, 0.2) is 5.96 Å². The highest BCUT2D eigenvalue weighted by molar-refractivity contribution is 14.0. The minimum Gasteiger partial charge on any atom is -0.389 e. The van der Waals surface area contributed by atoms with E-state index in [2.05, 4.69) is 36.0 Å². The van der Waals surface area contributed by atoms with Crippen LogP contribution in [-0.4, -0.2) is 54.9 Å². The fraction of sp³-hybridized carbons (Fsp3) is 0.667. The summed E-state index contributed by atoms with van der Waals surface area (Å²) in [4.78, 5) is 6.98. The summed E-state index contributed by atoms with van der Waals surface area (Å²) in [6, 6.07) is 10.1. The molecule has 27 heavy (non-hydrogen) atoms. The van der Waals surface area contributed by atoms with Gasteiger partial charge in [0.25, 0.3) is 0 Å². The molecule has 1 aromatic carbocycles. The lowest BCUT2D eigenvalue weighted by Gasteiger charge is -2.37. The number of halogens is 1. The third-order valence-corrected chi connectivity index (χ3v) is 4.76. The quantitative estimate of drug-likeness (QED) is 0.349. The van der Waals surface area contributed by atoms with Crippen molar-refractivity contribution >= 4 is 29.9 Å². The molecule has 0 radical (unpaired) electrons. The Bertz CT molecular complexity index is 546. The first-order chi connectivity index (χ1) is 12.5. The number of aliphatic imine (C=N–C) groups is 1. The number of piperidine rings is 1. The van der Waals surface area contributed by atoms with Gasteiger partial charge in [0.2, 0.25) is 0 Å². The lowest BCUT2D eigenvalue weighted by Crippen LogP contribution is -2.48. The lowest BCUT2D eigenvalue weighted by molar-refractivity contribution is 0.00101. The first-order valence-electron chi connectivity index (χ1n) is 9.87. The smallest absolute Gasteiger partial charge is 0.194 e. The van der Waals surface area contributed by atoms with E-state index in [0.29, 0.717) is 18.4 Å². The Morgan fingerprint density at radius 1 is 1.26 bits per heavy atom. The van der Waals surface area contributed by atoms with Crippen molar-refractivity contribution in [3.05, 3.63) is 35.9 Å². The van der Waals surface area contributed by atoms with E-state index in [1.165, 1.54) is 6.42 Å². The average molecular weight is 489 g/mol. The average Bonchev–Trinajstić information content (AvgIpc) is 2.63. The fourth-order valence-electron chi connectivity index (χ4n) is 3.58. The molecule has 5 nitrogen and oxygen atoms in total. The number of likely N-dealkylation sites (tertiary alicyclic amines) is 1. The van der Waals surface area contributed by atoms with E-state index in [9.17, 15) is 5.11 Å². The van der Waals surface area contributed by atoms with Gasteiger partial charge in [0, 0.05) is 19.6 Å². The maximum Gasteiger partial charge on any atom is 0.194 e. The van der Waals surface area contributed by atoms with E-state index >= 15 is 0 Å². The number of aliphatic hydroxyl groups is 1. The maximum absolute atomic E-state index is 10.3. The predicted molar refractivity (Wildman–Crippen MR) is 123 cm³/mol. The minimum atomic E-state index is -0.602. The van der Waals surface area contributed by atoms with Gasteiger partial charge in [-0.05, 0) is 37.7 Å². The van der Waals surface area contributed by atoms with Crippen LogP contribution in [0.4, 0.5) is 0 Å². The molecular weight excluding hydrogens is 453 g/mol. The van der Waals surface area contributed by atoms with Crippen molar-refractivity contribution in [3.63, 3.8) is 0 Å². The van der Waals surface area contributed by atoms with E-state index < -0.39 is 6.10 Å². The van der Waals surface area contributed by atoms with Gasteiger partial charge >= 0.3 is 0 Å². The summed E-state index contributed by atoms with van der Waals surface area (Å²) in [6.07, 6.45) is 0.630. The second kappa shape index (κ2) is 12.6. The molecule has 1 saturated heterocycles. The summed E-state index contributed by atoms with van der Waals surface area (Å²) in [5.74, 6) is 2.24. The number of guanidine groups is 1. The number of rotatable bonds is 7. The van der Waals surface area contributed by atoms with Crippen LogP contribution in [-0.2, 0) is 4.74 Å². The molecule has 0 amide bonds. The van der Waals surface area contributed by atoms with Crippen molar-refractivity contribution in [1.82, 2.24) is 10.2 Å². The first kappa shape index (κ1) is 24.2. The Hall–Kier alpha value is -0.860. The third kappa shape index (κ3) is 8.35. The summed E-state index contributed by atoms with van der Waals surface area (Å²) in [6.45, 7) is 12.2. The van der Waals surface area contributed by atoms with E-state index in [0.717, 1.165) is 31.2 Å². The Morgan fingerprint density at radius 3 is 2.48 bits per heavy atom. The molecule has 2 rings (SSSR count). The molecular formula is C21H36IN3O2. The SMILES string of the molecule is CCNC(=NCC(O)COC(C)c1ccccc1)N1CC(C)CC(C)C1.I. The molecule has 4 atom stereocenters. The number of nitrogens with zero attached hydrogens (tertiary/aromatic N) is 2. The largest absolute Gasteiger partial charge is 0.389 e. The summed E-state index contributed by atoms with van der Waals surface area (Å²) >= 11 is 0. The zero-order chi connectivity index (χ0) is 18.9. The van der Waals surface area contributed by atoms with Gasteiger partial charge in [-0.3, -0.25) is 4.99 Å². The molecule has 1 aliphatic rings. The topological polar surface area (TPSA) is 57.1 Å². The number of hydrogen-bond acceptors (Lipinski definition) is 3. The van der Waals surface area contributed by atoms with Crippen LogP contribution in [0.25, 0.3) is 0 Å². The van der Waals surface area contributed by atoms with Gasteiger partial charge in [-0.2, -0.15) is 0 Å². The standard InChI is InChI=1S/C21H35N3O2.HI/c1-5-22-21(24-13-16(2)11-17(3)14-24)23-12-20(25)15-26-18(4)19-9-7-6-8-10-19;/h6-10,16-18,20,25H,5,11-15H2,1-4H3,(H,22,23);1H. The zero-order valence-electron chi connectivity index (χ0n) is 17.1. The molecule has 1 aliphatic heterocycles. The molecule has 4 unspecified atom stereocenters. The summed E-state index contributed by atoms with van der Waals surface area (Å²) in [7, 11) is 0. The Labute approximate surface area is 181 Å². The number of aliphatic hydroxyl groups excluding tert-OH is 1. The molecule has 154 valence electrons. The second-order valence-electron chi connectivity index (χ2n) is 7.59. The molecule has 6 heteroatoms. The van der Waals surface area contributed by atoms with Crippen molar-refractivity contribution in [3.8, 4) is 0 Å². The number of benzene rings is 1. The maximum atomic E-state index is 10.3. The van der Waals surface area contributed by atoms with E-state index in [1.54, 1.807) is 0 Å². The Balaban J connectivity index is 0.00000364. The molecule has 0 spiro atoms. The van der Waals surface area contributed by atoms with Crippen molar-refractivity contribution < 1.29 is 9.84 Å². The van der Waals surface area contributed by atoms with Crippen molar-refractivity contribution in [2.45, 2.75) is 46.3 Å². The van der Waals surface area contributed by atoms with Gasteiger partial charge < -0.3 is 20.1 Å². The van der Waals surface area contributed by atoms with Crippen LogP contribution in [0, 0.1) is 11.8 Å². The molecule has 0 bridgehead atoms. The summed E-state index contributed by atoms with van der Waals surface area (Å²) < 4.78 is 5.81. The first-order valence-corrected chi connectivity index (χ1v) is 9.87. The van der Waals surface area contributed by atoms with Crippen LogP contribution in [0.15, 0.2) is 35.3 Å². The van der Waals surface area contributed by atoms with Gasteiger partial charge in [0.1, 0.15) is 0 Å². The van der Waals surface area contributed by atoms with Gasteiger partial charge in [-0.25, -0.2) is 0 Å². The van der Waals surface area contributed by atoms with Crippen LogP contribution in [0.2, 0.25) is 0 Å². The van der Waals surface area contributed by atoms with Gasteiger partial charge in [0.05, 0.1) is 25.4 Å². The molecule has 0 aromatic heterocycles. The summed E-state index contributed by atoms with van der Waals surface area (Å²) in [5, 5.41) is 13.6. The molecule has 0 saturated carbocycles. The van der Waals surface area contributed by atoms with Crippen molar-refractivity contribution in [2.24, 2.45) is 16.8 Å². The minimum absolute atomic E-state index is 0. The van der Waals surface area contributed by atoms with Crippen LogP contribution >= 0.6 is 24.0 Å². The number of ether oxygens (including phenoxy) is 1. The number of hydrogen-bond donors (Lipinski definition) is 2. The van der Waals surface area contributed by atoms with E-state index in [4.69, 9.17) is 4.74 Å². The Morgan fingerprint density at radius 2 is 1.89 bits per heavy atom. The van der Waals surface area contributed by atoms with Crippen LogP contribution < -0.4 is 5.32 Å². The van der Waals surface area contributed by atoms with Crippen molar-refractivity contribution in [2.75, 3.05) is 32.8 Å². The molecule has 2 N–H and O–H groups in total. The van der Waals surface area contributed by atoms with Gasteiger partial charge in [-0.15, -0.1) is 24.0 Å². The summed E-state index contributed by atoms with van der Waals surface area (Å²) in [5.41, 5.74) is 1.12. The molecule has 0 aliphatic carbocycles. The molecule has 1 heterocycles. The highest BCUT2D eigenvalue weighted by Crippen LogP contribution is 2.21. The lowest BCUT2D eigenvalue weighted by atomic mass is 9.92. The highest BCUT2D eigenvalue weighted by atomic mass is 127. The zero-order valence-corrected chi connectivity index (χ0v) is 19.4. The third-order valence-electron chi connectivity index (χ3n) is 4.76. The van der Waals surface area contributed by atoms with Crippen LogP contribution in [0.3, 0.4) is 0 Å². The van der Waals surface area contributed by atoms with Crippen molar-refractivity contribution in [1.29, 1.82) is 0 Å². The van der Waals surface area contributed by atoms with E-state index in [1.807, 2.05) is 37.3 Å². The highest BCUT2D eigenvalue weighted by Gasteiger charge is 2.24. The Kier molecular flexibility index (Phi) is 11.3. The second-order valence-corrected chi connectivity index (χ2v) is 7.59. The number of nitrogens with one attached hydrogen (secondary N) is 1. The fourth-order valence-corrected chi connectivity index (χ4v) is 3.58. The van der Waals surface area contributed by atoms with Gasteiger partial charge in [-0.1, -0.05) is 44.2 Å². The van der Waals surface area contributed by atoms with Crippen LogP contribution in [0.5, 0.6) is 0 Å². The molecule has 1 aromatic rings. The monoisotopic (exact) mass is 489 g/mol. The molecule has 1 fully saturated rings.